The Hall–Kier alpha value is -0.300. The fourth-order valence-electron chi connectivity index (χ4n) is 1.36. The molecule has 8 heteroatoms. The Labute approximate surface area is 142 Å². The van der Waals surface area contributed by atoms with Crippen molar-refractivity contribution in [2.45, 2.75) is 38.6 Å². The fourth-order valence-corrected chi connectivity index (χ4v) is 2.95. The van der Waals surface area contributed by atoms with Crippen molar-refractivity contribution in [2.24, 2.45) is 5.41 Å². The van der Waals surface area contributed by atoms with Crippen LogP contribution in [-0.2, 0) is 9.05 Å². The average molecular weight is 417 g/mol. The summed E-state index contributed by atoms with van der Waals surface area (Å²) in [5.74, 6) is -0.453. The zero-order valence-corrected chi connectivity index (χ0v) is 15.9. The molecule has 0 aliphatic heterocycles. The van der Waals surface area contributed by atoms with Gasteiger partial charge < -0.3 is 5.32 Å². The maximum atomic E-state index is 12.3. The topological polar surface area (TPSA) is 63.2 Å². The van der Waals surface area contributed by atoms with E-state index in [2.05, 4.69) is 21.2 Å². The third-order valence-corrected chi connectivity index (χ3v) is 5.77. The Bertz CT molecular complexity index is 669. The summed E-state index contributed by atoms with van der Waals surface area (Å²) in [6.07, 6.45) is 0. The van der Waals surface area contributed by atoms with Crippen LogP contribution >= 0.6 is 38.2 Å². The number of benzene rings is 1. The molecule has 4 nitrogen and oxygen atoms in total. The first-order valence-corrected chi connectivity index (χ1v) is 9.56. The molecule has 0 fully saturated rings. The highest BCUT2D eigenvalue weighted by Gasteiger charge is 2.25. The van der Waals surface area contributed by atoms with E-state index in [4.69, 9.17) is 22.3 Å². The molecule has 1 aromatic carbocycles. The fraction of sp³-hybridized carbons (Fsp3) is 0.462. The van der Waals surface area contributed by atoms with Crippen molar-refractivity contribution >= 4 is 53.2 Å². The first kappa shape index (κ1) is 18.7. The minimum atomic E-state index is -3.95. The zero-order chi connectivity index (χ0) is 16.6. The molecule has 1 amide bonds. The number of carbonyl (C=O) groups excluding carboxylic acids is 1. The van der Waals surface area contributed by atoms with Crippen molar-refractivity contribution in [2.75, 3.05) is 0 Å². The highest BCUT2D eigenvalue weighted by Crippen LogP contribution is 2.31. The minimum absolute atomic E-state index is 0.0568. The Morgan fingerprint density at radius 2 is 1.86 bits per heavy atom. The normalized spacial score (nSPS) is 13.9. The molecule has 1 aromatic rings. The maximum Gasteiger partial charge on any atom is 0.261 e. The van der Waals surface area contributed by atoms with Crippen molar-refractivity contribution in [3.05, 3.63) is 27.2 Å². The summed E-state index contributed by atoms with van der Waals surface area (Å²) in [4.78, 5) is 12.1. The summed E-state index contributed by atoms with van der Waals surface area (Å²) in [6, 6.07) is 2.30. The van der Waals surface area contributed by atoms with Gasteiger partial charge in [-0.25, -0.2) is 8.42 Å². The van der Waals surface area contributed by atoms with Crippen LogP contribution < -0.4 is 5.32 Å². The lowest BCUT2D eigenvalue weighted by atomic mass is 9.88. The molecule has 0 bridgehead atoms. The monoisotopic (exact) mass is 415 g/mol. The summed E-state index contributed by atoms with van der Waals surface area (Å²) >= 11 is 9.19. The van der Waals surface area contributed by atoms with Crippen molar-refractivity contribution in [3.63, 3.8) is 0 Å². The molecule has 0 aliphatic rings. The molecule has 0 radical (unpaired) electrons. The number of amides is 1. The molecule has 0 spiro atoms. The van der Waals surface area contributed by atoms with Gasteiger partial charge in [-0.1, -0.05) is 32.4 Å². The number of hydrogen-bond donors (Lipinski definition) is 1. The second-order valence-electron chi connectivity index (χ2n) is 5.77. The molecule has 1 unspecified atom stereocenters. The van der Waals surface area contributed by atoms with Gasteiger partial charge in [-0.15, -0.1) is 0 Å². The van der Waals surface area contributed by atoms with Gasteiger partial charge >= 0.3 is 0 Å². The number of carbonyl (C=O) groups is 1. The number of halogens is 3. The van der Waals surface area contributed by atoms with Crippen LogP contribution in [0.3, 0.4) is 0 Å². The van der Waals surface area contributed by atoms with Gasteiger partial charge in [-0.3, -0.25) is 4.79 Å². The molecular formula is C13H16BrCl2NO3S. The predicted octanol–water partition coefficient (Wildman–Crippen LogP) is 4.19. The van der Waals surface area contributed by atoms with Gasteiger partial charge in [0, 0.05) is 21.2 Å². The molecule has 1 atom stereocenters. The predicted molar refractivity (Wildman–Crippen MR) is 88.6 cm³/mol. The SMILES string of the molecule is CC(NC(=O)c1cc(S(=O)(=O)Cl)cc(Br)c1Cl)C(C)(C)C. The first-order chi connectivity index (χ1) is 9.34. The van der Waals surface area contributed by atoms with Crippen LogP contribution in [-0.4, -0.2) is 20.4 Å². The molecule has 1 rings (SSSR count). The Morgan fingerprint density at radius 1 is 1.33 bits per heavy atom. The second-order valence-corrected chi connectivity index (χ2v) is 9.56. The third kappa shape index (κ3) is 4.84. The van der Waals surface area contributed by atoms with Crippen LogP contribution in [0, 0.1) is 5.41 Å². The van der Waals surface area contributed by atoms with Gasteiger partial charge in [0.15, 0.2) is 0 Å². The zero-order valence-electron chi connectivity index (χ0n) is 12.0. The summed E-state index contributed by atoms with van der Waals surface area (Å²) in [7, 11) is 1.36. The van der Waals surface area contributed by atoms with E-state index in [1.54, 1.807) is 0 Å². The highest BCUT2D eigenvalue weighted by atomic mass is 79.9. The molecule has 0 aromatic heterocycles. The number of hydrogen-bond acceptors (Lipinski definition) is 3. The van der Waals surface area contributed by atoms with Gasteiger partial charge in [0.2, 0.25) is 0 Å². The molecule has 21 heavy (non-hydrogen) atoms. The van der Waals surface area contributed by atoms with E-state index >= 15 is 0 Å². The maximum absolute atomic E-state index is 12.3. The van der Waals surface area contributed by atoms with E-state index in [0.29, 0.717) is 4.47 Å². The van der Waals surface area contributed by atoms with E-state index in [0.717, 1.165) is 0 Å². The third-order valence-electron chi connectivity index (χ3n) is 3.17. The van der Waals surface area contributed by atoms with Crippen LogP contribution in [0.2, 0.25) is 5.02 Å². The molecule has 1 N–H and O–H groups in total. The Morgan fingerprint density at radius 3 is 2.29 bits per heavy atom. The van der Waals surface area contributed by atoms with Gasteiger partial charge in [0.25, 0.3) is 15.0 Å². The van der Waals surface area contributed by atoms with E-state index < -0.39 is 15.0 Å². The van der Waals surface area contributed by atoms with Crippen LogP contribution in [0.1, 0.15) is 38.1 Å². The summed E-state index contributed by atoms with van der Waals surface area (Å²) in [5.41, 5.74) is -0.0865. The first-order valence-electron chi connectivity index (χ1n) is 6.08. The molecule has 118 valence electrons. The van der Waals surface area contributed by atoms with Gasteiger partial charge in [-0.05, 0) is 40.4 Å². The van der Waals surface area contributed by atoms with Crippen molar-refractivity contribution in [3.8, 4) is 0 Å². The summed E-state index contributed by atoms with van der Waals surface area (Å²) in [6.45, 7) is 7.81. The molecule has 0 heterocycles. The minimum Gasteiger partial charge on any atom is -0.349 e. The van der Waals surface area contributed by atoms with Crippen molar-refractivity contribution in [1.82, 2.24) is 5.32 Å². The molecular weight excluding hydrogens is 401 g/mol. The lowest BCUT2D eigenvalue weighted by Gasteiger charge is -2.28. The van der Waals surface area contributed by atoms with E-state index in [1.807, 2.05) is 27.7 Å². The molecule has 0 saturated heterocycles. The smallest absolute Gasteiger partial charge is 0.261 e. The molecule has 0 saturated carbocycles. The van der Waals surface area contributed by atoms with E-state index in [9.17, 15) is 13.2 Å². The largest absolute Gasteiger partial charge is 0.349 e. The van der Waals surface area contributed by atoms with Crippen LogP contribution in [0.4, 0.5) is 0 Å². The van der Waals surface area contributed by atoms with Crippen molar-refractivity contribution < 1.29 is 13.2 Å². The molecule has 0 aliphatic carbocycles. The quantitative estimate of drug-likeness (QED) is 0.751. The highest BCUT2D eigenvalue weighted by molar-refractivity contribution is 9.10. The lowest BCUT2D eigenvalue weighted by molar-refractivity contribution is 0.0910. The summed E-state index contributed by atoms with van der Waals surface area (Å²) in [5, 5.41) is 2.94. The van der Waals surface area contributed by atoms with Gasteiger partial charge in [0.05, 0.1) is 15.5 Å². The number of nitrogens with one attached hydrogen (secondary N) is 1. The van der Waals surface area contributed by atoms with Gasteiger partial charge in [-0.2, -0.15) is 0 Å². The van der Waals surface area contributed by atoms with E-state index in [-0.39, 0.29) is 26.9 Å². The lowest BCUT2D eigenvalue weighted by Crippen LogP contribution is -2.41. The van der Waals surface area contributed by atoms with Crippen LogP contribution in [0.5, 0.6) is 0 Å². The standard InChI is InChI=1S/C13H16BrCl2NO3S/c1-7(13(2,3)4)17-12(18)9-5-8(21(16,19)20)6-10(14)11(9)15/h5-7H,1-4H3,(H,17,18). The van der Waals surface area contributed by atoms with Gasteiger partial charge in [0.1, 0.15) is 0 Å². The van der Waals surface area contributed by atoms with Crippen molar-refractivity contribution in [1.29, 1.82) is 0 Å². The van der Waals surface area contributed by atoms with Crippen LogP contribution in [0.25, 0.3) is 0 Å². The average Bonchev–Trinajstić information content (AvgIpc) is 2.29. The Balaban J connectivity index is 3.24. The number of rotatable bonds is 3. The Kier molecular flexibility index (Phi) is 5.75. The summed E-state index contributed by atoms with van der Waals surface area (Å²) < 4.78 is 23.1. The van der Waals surface area contributed by atoms with E-state index in [1.165, 1.54) is 12.1 Å². The second kappa shape index (κ2) is 6.44. The van der Waals surface area contributed by atoms with Crippen LogP contribution in [0.15, 0.2) is 21.5 Å².